The van der Waals surface area contributed by atoms with Gasteiger partial charge in [0.05, 0.1) is 42.5 Å². The van der Waals surface area contributed by atoms with Gasteiger partial charge in [-0.25, -0.2) is 25.3 Å². The van der Waals surface area contributed by atoms with Gasteiger partial charge in [0, 0.05) is 46.2 Å². The Morgan fingerprint density at radius 1 is 0.444 bits per heavy atom. The van der Waals surface area contributed by atoms with Crippen molar-refractivity contribution in [3.63, 3.8) is 0 Å². The number of hydrogen-bond donors (Lipinski definition) is 0. The highest BCUT2D eigenvalue weighted by molar-refractivity contribution is 7.81. The summed E-state index contributed by atoms with van der Waals surface area (Å²) in [5.41, 5.74) is 0. The number of ether oxygens (including phenoxy) is 11. The van der Waals surface area contributed by atoms with Crippen molar-refractivity contribution in [1.82, 2.24) is 0 Å². The predicted molar refractivity (Wildman–Crippen MR) is 190 cm³/mol. The van der Waals surface area contributed by atoms with Crippen molar-refractivity contribution in [2.45, 2.75) is 152 Å². The van der Waals surface area contributed by atoms with Crippen LogP contribution >= 0.6 is 0 Å². The van der Waals surface area contributed by atoms with E-state index in [9.17, 15) is 58.7 Å². The molecule has 4 saturated heterocycles. The van der Waals surface area contributed by atoms with Crippen LogP contribution in [0.3, 0.4) is 0 Å². The molecule has 0 spiro atoms. The van der Waals surface area contributed by atoms with Gasteiger partial charge in [-0.2, -0.15) is 0 Å². The third-order valence-electron chi connectivity index (χ3n) is 11.2. The second-order valence-electron chi connectivity index (χ2n) is 15.0. The van der Waals surface area contributed by atoms with Crippen LogP contribution in [0, 0.1) is 17.8 Å². The normalized spacial score (nSPS) is 41.8. The van der Waals surface area contributed by atoms with Crippen LogP contribution in [0.5, 0.6) is 0 Å². The van der Waals surface area contributed by atoms with Crippen molar-refractivity contribution >= 4 is 43.1 Å². The van der Waals surface area contributed by atoms with E-state index in [1.54, 1.807) is 6.92 Å². The first-order valence-electron chi connectivity index (χ1n) is 19.3. The molecule has 0 amide bonds. The molecule has 0 bridgehead atoms. The molecule has 368 valence electrons. The second-order valence-corrected chi connectivity index (χ2v) is 18.0. The highest BCUT2D eigenvalue weighted by Gasteiger charge is 2.57. The van der Waals surface area contributed by atoms with E-state index in [1.807, 2.05) is 0 Å². The van der Waals surface area contributed by atoms with E-state index in [1.165, 1.54) is 41.9 Å². The SMILES string of the molecule is CCC1OC(OC)C(OS(=O)(=O)[O-])C(C)C1OC1OC(C(=O)[O-])C(OC2OC(CC)C(OC3OC(C(=O)[O-])C(C)C(OC)C3OC)C(OS(=O)(=O)[O-])C2OS(=O)(=O)[O-])C(OC)C1C. The van der Waals surface area contributed by atoms with Crippen molar-refractivity contribution < 1.29 is 123 Å². The lowest BCUT2D eigenvalue weighted by Gasteiger charge is -2.52. The summed E-state index contributed by atoms with van der Waals surface area (Å²) in [5, 5.41) is 24.8. The molecule has 27 nitrogen and oxygen atoms in total. The maximum Gasteiger partial charge on any atom is 0.218 e. The zero-order valence-corrected chi connectivity index (χ0v) is 37.7. The molecule has 4 heterocycles. The molecular weight excluding hydrogens is 925 g/mol. The first-order chi connectivity index (χ1) is 29.2. The molecule has 4 aliphatic rings. The summed E-state index contributed by atoms with van der Waals surface area (Å²) in [6, 6.07) is 0. The maximum atomic E-state index is 12.8. The standard InChI is InChI=1S/C33H56O27S3/c1-10-15-17(12(3)21(31(50-9)51-15)58-61(38,39)40)53-30-14(5)19(48-7)23(25(57-30)29(36)37)56-33-27(60-63(44,45)46)24(59-62(41,42)43)22(16(11-2)52-33)55-32-26(49-8)18(47-6)13(4)20(54-32)28(34)35/h12-27,30-33H,10-11H2,1-9H3,(H,34,35)(H,36,37)(H,38,39,40)(H,41,42,43)(H,44,45,46)/p-5. The molecule has 0 aromatic carbocycles. The molecule has 63 heavy (non-hydrogen) atoms. The molecule has 4 rings (SSSR count). The molecule has 0 saturated carbocycles. The lowest BCUT2D eigenvalue weighted by Crippen LogP contribution is -2.68. The third-order valence-corrected chi connectivity index (χ3v) is 12.5. The topological polar surface area (TPSA) is 381 Å². The molecular formula is C33H51O27S3-5. The van der Waals surface area contributed by atoms with Crippen LogP contribution in [0.2, 0.25) is 0 Å². The summed E-state index contributed by atoms with van der Waals surface area (Å²) in [6.07, 6.45) is -29.4. The van der Waals surface area contributed by atoms with Gasteiger partial charge in [0.25, 0.3) is 0 Å². The zero-order chi connectivity index (χ0) is 47.5. The minimum atomic E-state index is -5.95. The van der Waals surface area contributed by atoms with Gasteiger partial charge in [-0.3, -0.25) is 12.5 Å². The Kier molecular flexibility index (Phi) is 18.6. The van der Waals surface area contributed by atoms with E-state index in [-0.39, 0.29) is 12.8 Å². The first-order valence-corrected chi connectivity index (χ1v) is 23.3. The molecule has 30 heteroatoms. The van der Waals surface area contributed by atoms with Crippen LogP contribution in [0.4, 0.5) is 0 Å². The van der Waals surface area contributed by atoms with Crippen molar-refractivity contribution in [1.29, 1.82) is 0 Å². The molecule has 4 aliphatic heterocycles. The number of carbonyl (C=O) groups excluding carboxylic acids is 2. The van der Waals surface area contributed by atoms with Crippen molar-refractivity contribution in [3.8, 4) is 0 Å². The Morgan fingerprint density at radius 3 is 1.33 bits per heavy atom. The van der Waals surface area contributed by atoms with Gasteiger partial charge in [-0.15, -0.1) is 0 Å². The predicted octanol–water partition coefficient (Wildman–Crippen LogP) is -4.50. The minimum absolute atomic E-state index is 0.202. The van der Waals surface area contributed by atoms with Crippen LogP contribution in [0.1, 0.15) is 47.5 Å². The maximum absolute atomic E-state index is 12.8. The summed E-state index contributed by atoms with van der Waals surface area (Å²) in [7, 11) is -12.5. The molecule has 0 aromatic heterocycles. The van der Waals surface area contributed by atoms with Crippen molar-refractivity contribution in [3.05, 3.63) is 0 Å². The monoisotopic (exact) mass is 975 g/mol. The summed E-state index contributed by atoms with van der Waals surface area (Å²) < 4.78 is 185. The van der Waals surface area contributed by atoms with E-state index in [2.05, 4.69) is 4.18 Å². The van der Waals surface area contributed by atoms with Crippen LogP contribution < -0.4 is 10.2 Å². The molecule has 0 aliphatic carbocycles. The van der Waals surface area contributed by atoms with Crippen LogP contribution in [0.25, 0.3) is 0 Å². The van der Waals surface area contributed by atoms with Gasteiger partial charge >= 0.3 is 0 Å². The van der Waals surface area contributed by atoms with Gasteiger partial charge in [0.15, 0.2) is 31.3 Å². The quantitative estimate of drug-likeness (QED) is 0.0819. The van der Waals surface area contributed by atoms with E-state index in [0.29, 0.717) is 0 Å². The van der Waals surface area contributed by atoms with Gasteiger partial charge in [-0.05, 0) is 12.8 Å². The fraction of sp³-hybridized carbons (Fsp3) is 0.939. The molecule has 0 radical (unpaired) electrons. The van der Waals surface area contributed by atoms with Crippen molar-refractivity contribution in [2.75, 3.05) is 28.4 Å². The van der Waals surface area contributed by atoms with Crippen LogP contribution in [-0.2, 0) is 105 Å². The number of aliphatic carboxylic acids is 2. The average molecular weight is 976 g/mol. The smallest absolute Gasteiger partial charge is 0.218 e. The molecule has 0 aromatic rings. The number of hydrogen-bond acceptors (Lipinski definition) is 27. The fourth-order valence-corrected chi connectivity index (χ4v) is 9.79. The van der Waals surface area contributed by atoms with E-state index >= 15 is 0 Å². The first kappa shape index (κ1) is 53.7. The Balaban J connectivity index is 1.73. The van der Waals surface area contributed by atoms with E-state index in [4.69, 9.17) is 60.5 Å². The zero-order valence-electron chi connectivity index (χ0n) is 35.2. The summed E-state index contributed by atoms with van der Waals surface area (Å²) in [6.45, 7) is 7.37. The molecule has 20 unspecified atom stereocenters. The third kappa shape index (κ3) is 13.0. The van der Waals surface area contributed by atoms with Crippen LogP contribution in [0.15, 0.2) is 0 Å². The average Bonchev–Trinajstić information content (AvgIpc) is 3.17. The molecule has 0 N–H and O–H groups in total. The largest absolute Gasteiger partial charge is 0.726 e. The Hall–Kier alpha value is -1.89. The highest BCUT2D eigenvalue weighted by Crippen LogP contribution is 2.41. The number of methoxy groups -OCH3 is 4. The lowest BCUT2D eigenvalue weighted by atomic mass is 9.88. The van der Waals surface area contributed by atoms with E-state index in [0.717, 1.165) is 14.2 Å². The Morgan fingerprint density at radius 2 is 0.857 bits per heavy atom. The summed E-state index contributed by atoms with van der Waals surface area (Å²) in [4.78, 5) is 24.8. The lowest BCUT2D eigenvalue weighted by molar-refractivity contribution is -0.387. The second kappa shape index (κ2) is 21.8. The van der Waals surface area contributed by atoms with Gasteiger partial charge in [0.2, 0.25) is 31.2 Å². The number of carboxylic acid groups (broad SMARTS) is 2. The molecule has 20 atom stereocenters. The van der Waals surface area contributed by atoms with Crippen LogP contribution in [-0.4, -0.2) is 184 Å². The van der Waals surface area contributed by atoms with Gasteiger partial charge in [0.1, 0.15) is 42.7 Å². The van der Waals surface area contributed by atoms with Gasteiger partial charge < -0.3 is 85.6 Å². The van der Waals surface area contributed by atoms with Gasteiger partial charge in [-0.1, -0.05) is 34.6 Å². The number of rotatable bonds is 20. The van der Waals surface area contributed by atoms with Crippen molar-refractivity contribution in [2.24, 2.45) is 17.8 Å². The fourth-order valence-electron chi connectivity index (χ4n) is 8.29. The van der Waals surface area contributed by atoms with E-state index < -0.39 is 165 Å². The number of carboxylic acids is 2. The highest BCUT2D eigenvalue weighted by atomic mass is 32.3. The Bertz CT molecular complexity index is 1870. The number of carbonyl (C=O) groups is 2. The molecule has 4 fully saturated rings. The Labute approximate surface area is 363 Å². The summed E-state index contributed by atoms with van der Waals surface area (Å²) in [5.74, 6) is -6.78. The summed E-state index contributed by atoms with van der Waals surface area (Å²) >= 11 is 0. The minimum Gasteiger partial charge on any atom is -0.726 e.